The first kappa shape index (κ1) is 27.3. The molecule has 0 aliphatic rings. The van der Waals surface area contributed by atoms with Crippen molar-refractivity contribution in [1.82, 2.24) is 10.2 Å². The molecule has 3 aromatic carbocycles. The maximum absolute atomic E-state index is 13.8. The highest BCUT2D eigenvalue weighted by atomic mass is 79.9. The fourth-order valence-corrected chi connectivity index (χ4v) is 4.66. The van der Waals surface area contributed by atoms with E-state index in [1.165, 1.54) is 0 Å². The highest BCUT2D eigenvalue weighted by Gasteiger charge is 2.30. The second-order valence-corrected chi connectivity index (χ2v) is 10.7. The van der Waals surface area contributed by atoms with Crippen molar-refractivity contribution in [2.24, 2.45) is 5.92 Å². The average molecular weight is 576 g/mol. The van der Waals surface area contributed by atoms with Crippen LogP contribution in [0, 0.1) is 5.92 Å². The number of hydrogen-bond donors (Lipinski definition) is 1. The molecular formula is C28H29BrCl2N2O2. The molecule has 184 valence electrons. The van der Waals surface area contributed by atoms with E-state index in [1.807, 2.05) is 68.4 Å². The van der Waals surface area contributed by atoms with Gasteiger partial charge in [-0.05, 0) is 46.9 Å². The van der Waals surface area contributed by atoms with Crippen molar-refractivity contribution < 1.29 is 9.59 Å². The highest BCUT2D eigenvalue weighted by molar-refractivity contribution is 9.10. The second-order valence-electron chi connectivity index (χ2n) is 8.91. The first-order chi connectivity index (χ1) is 16.7. The summed E-state index contributed by atoms with van der Waals surface area (Å²) in [6, 6.07) is 21.9. The monoisotopic (exact) mass is 574 g/mol. The molecule has 0 aliphatic heterocycles. The Balaban J connectivity index is 1.97. The highest BCUT2D eigenvalue weighted by Crippen LogP contribution is 2.24. The summed E-state index contributed by atoms with van der Waals surface area (Å²) in [5.74, 6) is -0.0682. The zero-order valence-corrected chi connectivity index (χ0v) is 22.9. The van der Waals surface area contributed by atoms with E-state index in [0.29, 0.717) is 34.5 Å². The van der Waals surface area contributed by atoms with E-state index >= 15 is 0 Å². The maximum atomic E-state index is 13.8. The molecule has 0 aromatic heterocycles. The summed E-state index contributed by atoms with van der Waals surface area (Å²) >= 11 is 15.9. The molecule has 7 heteroatoms. The van der Waals surface area contributed by atoms with E-state index in [1.54, 1.807) is 23.1 Å². The van der Waals surface area contributed by atoms with Crippen LogP contribution in [0.4, 0.5) is 0 Å². The zero-order valence-electron chi connectivity index (χ0n) is 19.8. The lowest BCUT2D eigenvalue weighted by molar-refractivity contribution is -0.140. The molecule has 0 unspecified atom stereocenters. The minimum Gasteiger partial charge on any atom is -0.354 e. The van der Waals surface area contributed by atoms with Gasteiger partial charge in [-0.3, -0.25) is 9.59 Å². The van der Waals surface area contributed by atoms with Gasteiger partial charge < -0.3 is 10.2 Å². The predicted octanol–water partition coefficient (Wildman–Crippen LogP) is 6.71. The van der Waals surface area contributed by atoms with Crippen LogP contribution in [-0.2, 0) is 29.0 Å². The van der Waals surface area contributed by atoms with E-state index in [0.717, 1.165) is 15.6 Å². The van der Waals surface area contributed by atoms with Gasteiger partial charge in [-0.15, -0.1) is 0 Å². The van der Waals surface area contributed by atoms with Crippen molar-refractivity contribution in [3.63, 3.8) is 0 Å². The van der Waals surface area contributed by atoms with Crippen molar-refractivity contribution >= 4 is 50.9 Å². The van der Waals surface area contributed by atoms with Gasteiger partial charge in [0, 0.05) is 34.0 Å². The Labute approximate surface area is 225 Å². The topological polar surface area (TPSA) is 49.4 Å². The molecular weight excluding hydrogens is 547 g/mol. The lowest BCUT2D eigenvalue weighted by Gasteiger charge is -2.32. The van der Waals surface area contributed by atoms with E-state index in [9.17, 15) is 9.59 Å². The Hall–Kier alpha value is -2.34. The van der Waals surface area contributed by atoms with Gasteiger partial charge in [0.05, 0.1) is 6.42 Å². The van der Waals surface area contributed by atoms with Gasteiger partial charge in [-0.1, -0.05) is 102 Å². The first-order valence-electron chi connectivity index (χ1n) is 11.5. The molecule has 0 saturated carbocycles. The van der Waals surface area contributed by atoms with Crippen LogP contribution in [0.3, 0.4) is 0 Å². The Kier molecular flexibility index (Phi) is 10.2. The van der Waals surface area contributed by atoms with Crippen LogP contribution in [0.25, 0.3) is 0 Å². The van der Waals surface area contributed by atoms with Crippen LogP contribution in [-0.4, -0.2) is 29.3 Å². The van der Waals surface area contributed by atoms with Crippen LogP contribution in [0.5, 0.6) is 0 Å². The molecule has 35 heavy (non-hydrogen) atoms. The number of rotatable bonds is 10. The van der Waals surface area contributed by atoms with Gasteiger partial charge in [0.15, 0.2) is 0 Å². The lowest BCUT2D eigenvalue weighted by Crippen LogP contribution is -2.51. The van der Waals surface area contributed by atoms with Gasteiger partial charge in [0.1, 0.15) is 6.04 Å². The number of carbonyl (C=O) groups is 2. The van der Waals surface area contributed by atoms with E-state index in [4.69, 9.17) is 23.2 Å². The molecule has 0 saturated heterocycles. The van der Waals surface area contributed by atoms with Crippen molar-refractivity contribution in [2.45, 2.75) is 39.3 Å². The summed E-state index contributed by atoms with van der Waals surface area (Å²) in [6.07, 6.45) is 0.464. The molecule has 0 spiro atoms. The molecule has 0 fully saturated rings. The van der Waals surface area contributed by atoms with E-state index in [2.05, 4.69) is 21.2 Å². The Morgan fingerprint density at radius 2 is 1.66 bits per heavy atom. The van der Waals surface area contributed by atoms with Crippen LogP contribution in [0.1, 0.15) is 30.5 Å². The van der Waals surface area contributed by atoms with Crippen molar-refractivity contribution in [3.8, 4) is 0 Å². The van der Waals surface area contributed by atoms with Gasteiger partial charge >= 0.3 is 0 Å². The SMILES string of the molecule is CC(C)CNC(=O)[C@H](Cc1ccccc1)N(Cc1cccc(Br)c1)C(=O)Cc1ccc(Cl)cc1Cl. The third-order valence-corrected chi connectivity index (χ3v) is 6.63. The fraction of sp³-hybridized carbons (Fsp3) is 0.286. The molecule has 0 aliphatic carbocycles. The summed E-state index contributed by atoms with van der Waals surface area (Å²) in [5.41, 5.74) is 2.57. The van der Waals surface area contributed by atoms with Gasteiger partial charge in [-0.2, -0.15) is 0 Å². The van der Waals surface area contributed by atoms with Crippen LogP contribution >= 0.6 is 39.1 Å². The van der Waals surface area contributed by atoms with Gasteiger partial charge in [0.2, 0.25) is 11.8 Å². The summed E-state index contributed by atoms with van der Waals surface area (Å²) in [7, 11) is 0. The Morgan fingerprint density at radius 3 is 2.31 bits per heavy atom. The van der Waals surface area contributed by atoms with Crippen LogP contribution in [0.15, 0.2) is 77.3 Å². The summed E-state index contributed by atoms with van der Waals surface area (Å²) in [4.78, 5) is 28.9. The molecule has 0 heterocycles. The second kappa shape index (κ2) is 13.1. The fourth-order valence-electron chi connectivity index (χ4n) is 3.74. The first-order valence-corrected chi connectivity index (χ1v) is 13.1. The summed E-state index contributed by atoms with van der Waals surface area (Å²) in [6.45, 7) is 4.90. The number of nitrogens with zero attached hydrogens (tertiary/aromatic N) is 1. The predicted molar refractivity (Wildman–Crippen MR) is 147 cm³/mol. The average Bonchev–Trinajstić information content (AvgIpc) is 2.82. The number of hydrogen-bond acceptors (Lipinski definition) is 2. The quantitative estimate of drug-likeness (QED) is 0.292. The van der Waals surface area contributed by atoms with Gasteiger partial charge in [-0.25, -0.2) is 0 Å². The summed E-state index contributed by atoms with van der Waals surface area (Å²) < 4.78 is 0.909. The Bertz CT molecular complexity index is 1150. The zero-order chi connectivity index (χ0) is 25.4. The van der Waals surface area contributed by atoms with Crippen molar-refractivity contribution in [1.29, 1.82) is 0 Å². The molecule has 1 N–H and O–H groups in total. The van der Waals surface area contributed by atoms with E-state index < -0.39 is 6.04 Å². The van der Waals surface area contributed by atoms with Gasteiger partial charge in [0.25, 0.3) is 0 Å². The number of carbonyl (C=O) groups excluding carboxylic acids is 2. The normalized spacial score (nSPS) is 11.8. The lowest BCUT2D eigenvalue weighted by atomic mass is 10.0. The third kappa shape index (κ3) is 8.38. The van der Waals surface area contributed by atoms with E-state index in [-0.39, 0.29) is 24.8 Å². The largest absolute Gasteiger partial charge is 0.354 e. The molecule has 4 nitrogen and oxygen atoms in total. The van der Waals surface area contributed by atoms with Crippen molar-refractivity contribution in [2.75, 3.05) is 6.54 Å². The minimum absolute atomic E-state index is 0.0623. The molecule has 2 amide bonds. The van der Waals surface area contributed by atoms with Crippen LogP contribution < -0.4 is 5.32 Å². The molecule has 1 atom stereocenters. The molecule has 3 rings (SSSR count). The summed E-state index contributed by atoms with van der Waals surface area (Å²) in [5, 5.41) is 3.97. The molecule has 0 radical (unpaired) electrons. The maximum Gasteiger partial charge on any atom is 0.243 e. The smallest absolute Gasteiger partial charge is 0.243 e. The number of benzene rings is 3. The Morgan fingerprint density at radius 1 is 0.943 bits per heavy atom. The molecule has 0 bridgehead atoms. The number of halogens is 3. The third-order valence-electron chi connectivity index (χ3n) is 5.55. The number of nitrogens with one attached hydrogen (secondary N) is 1. The standard InChI is InChI=1S/C28H29BrCl2N2O2/c1-19(2)17-32-28(35)26(14-20-7-4-3-5-8-20)33(18-21-9-6-10-23(29)13-21)27(34)15-22-11-12-24(30)16-25(22)31/h3-13,16,19,26H,14-15,17-18H2,1-2H3,(H,32,35)/t26-/m0/s1. The molecule has 3 aromatic rings. The number of amides is 2. The van der Waals surface area contributed by atoms with Crippen molar-refractivity contribution in [3.05, 3.63) is 104 Å². The minimum atomic E-state index is -0.686. The van der Waals surface area contributed by atoms with Crippen LogP contribution in [0.2, 0.25) is 10.0 Å².